The van der Waals surface area contributed by atoms with Gasteiger partial charge in [0, 0.05) is 6.07 Å². The van der Waals surface area contributed by atoms with Crippen LogP contribution in [0.3, 0.4) is 0 Å². The third kappa shape index (κ3) is 4.55. The predicted octanol–water partition coefficient (Wildman–Crippen LogP) is 3.20. The van der Waals surface area contributed by atoms with Crippen molar-refractivity contribution in [2.45, 2.75) is 0 Å². The first-order chi connectivity index (χ1) is 16.8. The van der Waals surface area contributed by atoms with Crippen LogP contribution in [0.15, 0.2) is 66.7 Å². The van der Waals surface area contributed by atoms with Gasteiger partial charge in [-0.3, -0.25) is 24.5 Å². The number of esters is 1. The minimum absolute atomic E-state index is 0.0719. The van der Waals surface area contributed by atoms with Gasteiger partial charge in [-0.05, 0) is 42.5 Å². The Bertz CT molecular complexity index is 1330. The summed E-state index contributed by atoms with van der Waals surface area (Å²) < 4.78 is 10.1. The van der Waals surface area contributed by atoms with Gasteiger partial charge in [0.15, 0.2) is 6.61 Å². The monoisotopic (exact) mass is 475 g/mol. The van der Waals surface area contributed by atoms with Crippen molar-refractivity contribution in [2.24, 2.45) is 0 Å². The van der Waals surface area contributed by atoms with E-state index in [2.05, 4.69) is 5.32 Å². The molecular formula is C24H17N3O8. The number of nitro benzene ring substituents is 1. The quantitative estimate of drug-likeness (QED) is 0.237. The number of rotatable bonds is 7. The molecule has 11 nitrogen and oxygen atoms in total. The number of anilines is 2. The molecule has 11 heteroatoms. The van der Waals surface area contributed by atoms with Gasteiger partial charge in [0.2, 0.25) is 0 Å². The van der Waals surface area contributed by atoms with Crippen LogP contribution >= 0.6 is 0 Å². The highest BCUT2D eigenvalue weighted by atomic mass is 16.6. The molecule has 0 spiro atoms. The number of nitro groups is 1. The van der Waals surface area contributed by atoms with Crippen LogP contribution in [0.1, 0.15) is 31.1 Å². The normalized spacial score (nSPS) is 12.2. The smallest absolute Gasteiger partial charge is 0.338 e. The van der Waals surface area contributed by atoms with Crippen LogP contribution in [-0.2, 0) is 9.53 Å². The molecule has 3 aromatic rings. The highest BCUT2D eigenvalue weighted by Gasteiger charge is 2.36. The van der Waals surface area contributed by atoms with Crippen LogP contribution < -0.4 is 15.0 Å². The van der Waals surface area contributed by atoms with Gasteiger partial charge in [0.05, 0.1) is 46.2 Å². The number of hydrogen-bond acceptors (Lipinski definition) is 8. The van der Waals surface area contributed by atoms with E-state index in [1.165, 1.54) is 43.5 Å². The lowest BCUT2D eigenvalue weighted by Gasteiger charge is -2.14. The van der Waals surface area contributed by atoms with Crippen molar-refractivity contribution in [2.75, 3.05) is 23.9 Å². The number of amides is 3. The number of nitrogens with one attached hydrogen (secondary N) is 1. The standard InChI is InChI=1S/C24H17N3O8/c1-34-20-12-16(27(32)33)10-11-19(20)25-21(28)13-35-24(31)14-6-8-15(9-7-14)26-22(29)17-4-2-3-5-18(17)23(26)30/h2-12H,13H2,1H3,(H,25,28). The Hall–Kier alpha value is -5.06. The molecule has 0 bridgehead atoms. The van der Waals surface area contributed by atoms with E-state index >= 15 is 0 Å². The maximum Gasteiger partial charge on any atom is 0.338 e. The number of methoxy groups -OCH3 is 1. The Labute approximate surface area is 198 Å². The lowest BCUT2D eigenvalue weighted by atomic mass is 10.1. The summed E-state index contributed by atoms with van der Waals surface area (Å²) in [5, 5.41) is 13.3. The third-order valence-corrected chi connectivity index (χ3v) is 5.16. The fourth-order valence-electron chi connectivity index (χ4n) is 3.47. The average molecular weight is 475 g/mol. The summed E-state index contributed by atoms with van der Waals surface area (Å²) in [7, 11) is 1.29. The summed E-state index contributed by atoms with van der Waals surface area (Å²) in [5.74, 6) is -2.33. The fraction of sp³-hybridized carbons (Fsp3) is 0.0833. The maximum absolute atomic E-state index is 12.6. The molecule has 0 aliphatic carbocycles. The first kappa shape index (κ1) is 23.1. The molecule has 1 N–H and O–H groups in total. The lowest BCUT2D eigenvalue weighted by molar-refractivity contribution is -0.384. The number of carbonyl (C=O) groups excluding carboxylic acids is 4. The van der Waals surface area contributed by atoms with E-state index in [-0.39, 0.29) is 28.4 Å². The second kappa shape index (κ2) is 9.43. The molecule has 0 saturated heterocycles. The number of nitrogens with zero attached hydrogens (tertiary/aromatic N) is 2. The molecule has 0 fully saturated rings. The first-order valence-electron chi connectivity index (χ1n) is 10.2. The van der Waals surface area contributed by atoms with Gasteiger partial charge in [-0.15, -0.1) is 0 Å². The Morgan fingerprint density at radius 2 is 1.60 bits per heavy atom. The van der Waals surface area contributed by atoms with E-state index in [1.54, 1.807) is 24.3 Å². The SMILES string of the molecule is COc1cc([N+](=O)[O-])ccc1NC(=O)COC(=O)c1ccc(N2C(=O)c3ccccc3C2=O)cc1. The number of imide groups is 1. The van der Waals surface area contributed by atoms with Gasteiger partial charge in [0.25, 0.3) is 23.4 Å². The van der Waals surface area contributed by atoms with Crippen LogP contribution in [0.2, 0.25) is 0 Å². The van der Waals surface area contributed by atoms with Gasteiger partial charge in [-0.25, -0.2) is 9.69 Å². The number of non-ortho nitro benzene ring substituents is 1. The van der Waals surface area contributed by atoms with Crippen LogP contribution in [0.4, 0.5) is 17.1 Å². The lowest BCUT2D eigenvalue weighted by Crippen LogP contribution is -2.29. The first-order valence-corrected chi connectivity index (χ1v) is 10.2. The molecule has 1 aliphatic heterocycles. The Morgan fingerprint density at radius 3 is 2.17 bits per heavy atom. The van der Waals surface area contributed by atoms with Crippen LogP contribution in [0.5, 0.6) is 5.75 Å². The van der Waals surface area contributed by atoms with E-state index in [4.69, 9.17) is 9.47 Å². The molecule has 3 amide bonds. The van der Waals surface area contributed by atoms with Gasteiger partial charge < -0.3 is 14.8 Å². The molecule has 0 saturated carbocycles. The van der Waals surface area contributed by atoms with Crippen molar-refractivity contribution in [3.63, 3.8) is 0 Å². The molecular weight excluding hydrogens is 458 g/mol. The molecule has 4 rings (SSSR count). The van der Waals surface area contributed by atoms with E-state index in [0.29, 0.717) is 11.1 Å². The van der Waals surface area contributed by atoms with Crippen molar-refractivity contribution in [1.29, 1.82) is 0 Å². The zero-order valence-electron chi connectivity index (χ0n) is 18.2. The Kier molecular flexibility index (Phi) is 6.23. The summed E-state index contributed by atoms with van der Waals surface area (Å²) in [4.78, 5) is 61.0. The zero-order valence-corrected chi connectivity index (χ0v) is 18.2. The van der Waals surface area contributed by atoms with E-state index < -0.39 is 35.2 Å². The van der Waals surface area contributed by atoms with Gasteiger partial charge in [-0.1, -0.05) is 12.1 Å². The summed E-state index contributed by atoms with van der Waals surface area (Å²) in [6.07, 6.45) is 0. The molecule has 1 heterocycles. The predicted molar refractivity (Wildman–Crippen MR) is 123 cm³/mol. The Morgan fingerprint density at radius 1 is 0.971 bits per heavy atom. The topological polar surface area (TPSA) is 145 Å². The second-order valence-corrected chi connectivity index (χ2v) is 7.30. The van der Waals surface area contributed by atoms with Gasteiger partial charge in [-0.2, -0.15) is 0 Å². The molecule has 0 radical (unpaired) electrons. The largest absolute Gasteiger partial charge is 0.494 e. The summed E-state index contributed by atoms with van der Waals surface area (Å²) in [5.41, 5.74) is 0.954. The second-order valence-electron chi connectivity index (χ2n) is 7.30. The number of benzene rings is 3. The fourth-order valence-corrected chi connectivity index (χ4v) is 3.47. The third-order valence-electron chi connectivity index (χ3n) is 5.16. The van der Waals surface area contributed by atoms with Crippen LogP contribution in [-0.4, -0.2) is 42.3 Å². The van der Waals surface area contributed by atoms with Crippen molar-refractivity contribution in [3.05, 3.63) is 93.5 Å². The molecule has 1 aliphatic rings. The van der Waals surface area contributed by atoms with E-state index in [1.807, 2.05) is 0 Å². The molecule has 0 unspecified atom stereocenters. The minimum Gasteiger partial charge on any atom is -0.494 e. The summed E-state index contributed by atoms with van der Waals surface area (Å²) >= 11 is 0. The van der Waals surface area contributed by atoms with E-state index in [0.717, 1.165) is 11.0 Å². The number of ether oxygens (including phenoxy) is 2. The van der Waals surface area contributed by atoms with Crippen molar-refractivity contribution >= 4 is 40.8 Å². The number of fused-ring (bicyclic) bond motifs is 1. The highest BCUT2D eigenvalue weighted by molar-refractivity contribution is 6.34. The van der Waals surface area contributed by atoms with Gasteiger partial charge in [0.1, 0.15) is 5.75 Å². The molecule has 0 aromatic heterocycles. The summed E-state index contributed by atoms with van der Waals surface area (Å²) in [6, 6.07) is 15.7. The number of carbonyl (C=O) groups is 4. The summed E-state index contributed by atoms with van der Waals surface area (Å²) in [6.45, 7) is -0.626. The van der Waals surface area contributed by atoms with Crippen molar-refractivity contribution in [1.82, 2.24) is 0 Å². The Balaban J connectivity index is 1.37. The average Bonchev–Trinajstić information content (AvgIpc) is 3.12. The number of hydrogen-bond donors (Lipinski definition) is 1. The van der Waals surface area contributed by atoms with E-state index in [9.17, 15) is 29.3 Å². The van der Waals surface area contributed by atoms with Crippen molar-refractivity contribution < 1.29 is 33.6 Å². The van der Waals surface area contributed by atoms with Crippen LogP contribution in [0, 0.1) is 10.1 Å². The molecule has 0 atom stereocenters. The highest BCUT2D eigenvalue weighted by Crippen LogP contribution is 2.30. The molecule has 3 aromatic carbocycles. The zero-order chi connectivity index (χ0) is 25.1. The van der Waals surface area contributed by atoms with Crippen LogP contribution in [0.25, 0.3) is 0 Å². The molecule has 35 heavy (non-hydrogen) atoms. The van der Waals surface area contributed by atoms with Crippen molar-refractivity contribution in [3.8, 4) is 5.75 Å². The molecule has 176 valence electrons. The minimum atomic E-state index is -0.801. The maximum atomic E-state index is 12.6. The van der Waals surface area contributed by atoms with Gasteiger partial charge >= 0.3 is 5.97 Å².